The third kappa shape index (κ3) is 2.50. The number of hydrogen-bond donors (Lipinski definition) is 0. The zero-order valence-electron chi connectivity index (χ0n) is 12.8. The number of benzene rings is 1. The highest BCUT2D eigenvalue weighted by Gasteiger charge is 2.19. The van der Waals surface area contributed by atoms with Crippen LogP contribution in [-0.2, 0) is 25.9 Å². The molecule has 2 heterocycles. The molecule has 1 aromatic carbocycles. The first-order valence-electron chi connectivity index (χ1n) is 7.77. The summed E-state index contributed by atoms with van der Waals surface area (Å²) in [5, 5.41) is 4.82. The fourth-order valence-corrected chi connectivity index (χ4v) is 2.99. The second-order valence-electron chi connectivity index (χ2n) is 5.60. The molecule has 0 bridgehead atoms. The van der Waals surface area contributed by atoms with Crippen LogP contribution in [0.25, 0.3) is 11.0 Å². The van der Waals surface area contributed by atoms with Crippen LogP contribution in [0.2, 0.25) is 0 Å². The Kier molecular flexibility index (Phi) is 3.37. The van der Waals surface area contributed by atoms with Gasteiger partial charge in [0.25, 0.3) is 0 Å². The zero-order chi connectivity index (χ0) is 15.8. The molecular weight excluding hydrogens is 296 g/mol. The van der Waals surface area contributed by atoms with E-state index in [1.165, 1.54) is 0 Å². The number of ether oxygens (including phenoxy) is 1. The number of aryl methyl sites for hydroxylation is 2. The highest BCUT2D eigenvalue weighted by molar-refractivity contribution is 5.83. The summed E-state index contributed by atoms with van der Waals surface area (Å²) < 4.78 is 16.2. The fraction of sp³-hybridized carbons (Fsp3) is 0.353. The lowest BCUT2D eigenvalue weighted by atomic mass is 10.1. The molecule has 0 fully saturated rings. The van der Waals surface area contributed by atoms with Crippen molar-refractivity contribution in [3.63, 3.8) is 0 Å². The third-order valence-corrected chi connectivity index (χ3v) is 4.12. The maximum Gasteiger partial charge on any atom is 0.339 e. The van der Waals surface area contributed by atoms with Crippen molar-refractivity contribution in [1.82, 2.24) is 10.1 Å². The summed E-state index contributed by atoms with van der Waals surface area (Å²) in [6.07, 6.45) is 3.40. The van der Waals surface area contributed by atoms with Gasteiger partial charge in [-0.15, -0.1) is 0 Å². The Morgan fingerprint density at radius 3 is 2.96 bits per heavy atom. The molecule has 0 atom stereocenters. The molecule has 1 aliphatic carbocycles. The van der Waals surface area contributed by atoms with Crippen molar-refractivity contribution in [3.05, 3.63) is 51.5 Å². The number of fused-ring (bicyclic) bond motifs is 3. The maximum absolute atomic E-state index is 11.9. The molecule has 4 rings (SSSR count). The Bertz CT molecular complexity index is 926. The van der Waals surface area contributed by atoms with Gasteiger partial charge in [0.05, 0.1) is 0 Å². The van der Waals surface area contributed by atoms with E-state index in [-0.39, 0.29) is 12.2 Å². The van der Waals surface area contributed by atoms with Gasteiger partial charge in [0.1, 0.15) is 11.3 Å². The number of nitrogens with zero attached hydrogens (tertiary/aromatic N) is 2. The third-order valence-electron chi connectivity index (χ3n) is 4.12. The lowest BCUT2D eigenvalue weighted by Crippen LogP contribution is -2.07. The van der Waals surface area contributed by atoms with Crippen molar-refractivity contribution in [3.8, 4) is 5.75 Å². The molecule has 0 spiro atoms. The SMILES string of the molecule is CCc1nc(COc2ccc3oc(=O)c4c(c3c2)CCC4)no1. The molecule has 2 aromatic heterocycles. The van der Waals surface area contributed by atoms with E-state index in [2.05, 4.69) is 10.1 Å². The Morgan fingerprint density at radius 2 is 2.13 bits per heavy atom. The standard InChI is InChI=1S/C17H16N2O4/c1-2-16-18-15(19-23-16)9-21-10-6-7-14-13(8-10)11-4-3-5-12(11)17(20)22-14/h6-8H,2-5,9H2,1H3. The average molecular weight is 312 g/mol. The Balaban J connectivity index is 1.63. The molecule has 3 aromatic rings. The summed E-state index contributed by atoms with van der Waals surface area (Å²) in [7, 11) is 0. The van der Waals surface area contributed by atoms with Crippen LogP contribution < -0.4 is 10.4 Å². The maximum atomic E-state index is 11.9. The minimum atomic E-state index is -0.211. The van der Waals surface area contributed by atoms with Crippen LogP contribution >= 0.6 is 0 Å². The minimum Gasteiger partial charge on any atom is -0.485 e. The van der Waals surface area contributed by atoms with Crippen molar-refractivity contribution in [2.45, 2.75) is 39.2 Å². The highest BCUT2D eigenvalue weighted by Crippen LogP contribution is 2.30. The van der Waals surface area contributed by atoms with Crippen molar-refractivity contribution < 1.29 is 13.7 Å². The van der Waals surface area contributed by atoms with Crippen LogP contribution in [0.15, 0.2) is 31.9 Å². The first-order chi connectivity index (χ1) is 11.2. The van der Waals surface area contributed by atoms with E-state index in [9.17, 15) is 4.79 Å². The lowest BCUT2D eigenvalue weighted by molar-refractivity contribution is 0.285. The topological polar surface area (TPSA) is 78.4 Å². The Hall–Kier alpha value is -2.63. The van der Waals surface area contributed by atoms with Crippen molar-refractivity contribution in [1.29, 1.82) is 0 Å². The molecule has 6 nitrogen and oxygen atoms in total. The Morgan fingerprint density at radius 1 is 1.26 bits per heavy atom. The van der Waals surface area contributed by atoms with Crippen molar-refractivity contribution in [2.24, 2.45) is 0 Å². The second kappa shape index (κ2) is 5.53. The monoisotopic (exact) mass is 312 g/mol. The summed E-state index contributed by atoms with van der Waals surface area (Å²) in [6, 6.07) is 5.48. The van der Waals surface area contributed by atoms with E-state index in [1.54, 1.807) is 12.1 Å². The molecule has 23 heavy (non-hydrogen) atoms. The largest absolute Gasteiger partial charge is 0.485 e. The molecule has 0 unspecified atom stereocenters. The van der Waals surface area contributed by atoms with E-state index in [0.29, 0.717) is 29.5 Å². The van der Waals surface area contributed by atoms with Gasteiger partial charge in [-0.3, -0.25) is 0 Å². The van der Waals surface area contributed by atoms with Crippen LogP contribution in [0.1, 0.15) is 36.2 Å². The number of aromatic nitrogens is 2. The first-order valence-corrected chi connectivity index (χ1v) is 7.77. The predicted molar refractivity (Wildman–Crippen MR) is 82.5 cm³/mol. The highest BCUT2D eigenvalue weighted by atomic mass is 16.5. The van der Waals surface area contributed by atoms with Gasteiger partial charge in [0.15, 0.2) is 6.61 Å². The van der Waals surface area contributed by atoms with Gasteiger partial charge < -0.3 is 13.7 Å². The molecule has 0 radical (unpaired) electrons. The van der Waals surface area contributed by atoms with E-state index >= 15 is 0 Å². The van der Waals surface area contributed by atoms with Crippen LogP contribution in [0, 0.1) is 0 Å². The first kappa shape index (κ1) is 14.0. The van der Waals surface area contributed by atoms with E-state index in [4.69, 9.17) is 13.7 Å². The molecule has 118 valence electrons. The van der Waals surface area contributed by atoms with Crippen LogP contribution in [0.5, 0.6) is 5.75 Å². The van der Waals surface area contributed by atoms with Gasteiger partial charge in [-0.1, -0.05) is 12.1 Å². The smallest absolute Gasteiger partial charge is 0.339 e. The molecule has 0 N–H and O–H groups in total. The Labute approximate surface area is 132 Å². The molecular formula is C17H16N2O4. The minimum absolute atomic E-state index is 0.211. The van der Waals surface area contributed by atoms with Gasteiger partial charge in [-0.05, 0) is 43.0 Å². The van der Waals surface area contributed by atoms with Gasteiger partial charge >= 0.3 is 5.63 Å². The van der Waals surface area contributed by atoms with E-state index in [0.717, 1.165) is 35.8 Å². The summed E-state index contributed by atoms with van der Waals surface area (Å²) in [5.41, 5.74) is 2.29. The van der Waals surface area contributed by atoms with E-state index in [1.807, 2.05) is 13.0 Å². The van der Waals surface area contributed by atoms with Crippen LogP contribution in [0.3, 0.4) is 0 Å². The molecule has 6 heteroatoms. The van der Waals surface area contributed by atoms with Gasteiger partial charge in [0.2, 0.25) is 11.7 Å². The normalized spacial score (nSPS) is 13.4. The predicted octanol–water partition coefficient (Wildman–Crippen LogP) is 2.81. The van der Waals surface area contributed by atoms with Gasteiger partial charge in [-0.25, -0.2) is 4.79 Å². The van der Waals surface area contributed by atoms with Crippen molar-refractivity contribution >= 4 is 11.0 Å². The molecule has 0 aliphatic heterocycles. The second-order valence-corrected chi connectivity index (χ2v) is 5.60. The molecule has 0 amide bonds. The number of rotatable bonds is 4. The molecule has 0 saturated carbocycles. The summed E-state index contributed by atoms with van der Waals surface area (Å²) >= 11 is 0. The summed E-state index contributed by atoms with van der Waals surface area (Å²) in [6.45, 7) is 2.20. The van der Waals surface area contributed by atoms with Crippen LogP contribution in [0.4, 0.5) is 0 Å². The zero-order valence-corrected chi connectivity index (χ0v) is 12.8. The molecule has 1 aliphatic rings. The van der Waals surface area contributed by atoms with E-state index < -0.39 is 0 Å². The van der Waals surface area contributed by atoms with Gasteiger partial charge in [0, 0.05) is 17.4 Å². The fourth-order valence-electron chi connectivity index (χ4n) is 2.99. The van der Waals surface area contributed by atoms with Gasteiger partial charge in [-0.2, -0.15) is 4.98 Å². The quantitative estimate of drug-likeness (QED) is 0.689. The summed E-state index contributed by atoms with van der Waals surface area (Å²) in [4.78, 5) is 16.1. The van der Waals surface area contributed by atoms with Crippen molar-refractivity contribution in [2.75, 3.05) is 0 Å². The lowest BCUT2D eigenvalue weighted by Gasteiger charge is -2.07. The molecule has 0 saturated heterocycles. The van der Waals surface area contributed by atoms with Crippen LogP contribution in [-0.4, -0.2) is 10.1 Å². The number of hydrogen-bond acceptors (Lipinski definition) is 6. The summed E-state index contributed by atoms with van der Waals surface area (Å²) in [5.74, 6) is 1.82. The average Bonchev–Trinajstić information content (AvgIpc) is 3.23.